The number of aromatic nitrogens is 3. The molecule has 1 N–H and O–H groups in total. The van der Waals surface area contributed by atoms with Gasteiger partial charge in [0.1, 0.15) is 11.5 Å². The predicted molar refractivity (Wildman–Crippen MR) is 99.3 cm³/mol. The van der Waals surface area contributed by atoms with Gasteiger partial charge in [-0.15, -0.1) is 11.3 Å². The molecule has 1 saturated heterocycles. The summed E-state index contributed by atoms with van der Waals surface area (Å²) in [6.45, 7) is 4.36. The molecule has 0 unspecified atom stereocenters. The fraction of sp³-hybridized carbons (Fsp3) is 0.611. The third-order valence-corrected chi connectivity index (χ3v) is 6.14. The number of alkyl halides is 3. The second-order valence-electron chi connectivity index (χ2n) is 7.72. The van der Waals surface area contributed by atoms with E-state index < -0.39 is 12.2 Å². The highest BCUT2D eigenvalue weighted by Gasteiger charge is 2.47. The van der Waals surface area contributed by atoms with Crippen molar-refractivity contribution < 1.29 is 18.0 Å². The van der Waals surface area contributed by atoms with Crippen molar-refractivity contribution in [1.29, 1.82) is 0 Å². The van der Waals surface area contributed by atoms with E-state index in [0.717, 1.165) is 11.1 Å². The lowest BCUT2D eigenvalue weighted by Crippen LogP contribution is -2.41. The van der Waals surface area contributed by atoms with Crippen molar-refractivity contribution in [2.75, 3.05) is 11.9 Å². The van der Waals surface area contributed by atoms with Crippen molar-refractivity contribution in [2.24, 2.45) is 5.92 Å². The number of nitrogens with one attached hydrogen (secondary N) is 1. The van der Waals surface area contributed by atoms with Crippen LogP contribution in [0.4, 0.5) is 19.0 Å². The molecule has 1 amide bonds. The molecule has 4 heterocycles. The van der Waals surface area contributed by atoms with Gasteiger partial charge in [0.25, 0.3) is 5.91 Å². The molecule has 0 bridgehead atoms. The molecule has 2 aliphatic heterocycles. The van der Waals surface area contributed by atoms with Crippen molar-refractivity contribution in [2.45, 2.75) is 57.4 Å². The molecule has 0 radical (unpaired) electrons. The number of hydrogen-bond donors (Lipinski definition) is 1. The molecule has 3 atom stereocenters. The Morgan fingerprint density at radius 2 is 2.18 bits per heavy atom. The molecule has 0 spiro atoms. The maximum absolute atomic E-state index is 13.7. The van der Waals surface area contributed by atoms with E-state index in [0.29, 0.717) is 30.2 Å². The summed E-state index contributed by atoms with van der Waals surface area (Å²) in [5, 5.41) is 9.20. The third kappa shape index (κ3) is 3.38. The zero-order chi connectivity index (χ0) is 20.1. The van der Waals surface area contributed by atoms with E-state index in [9.17, 15) is 18.0 Å². The lowest BCUT2D eigenvalue weighted by Gasteiger charge is -2.35. The van der Waals surface area contributed by atoms with E-state index in [1.165, 1.54) is 11.3 Å². The van der Waals surface area contributed by atoms with E-state index in [-0.39, 0.29) is 30.3 Å². The van der Waals surface area contributed by atoms with Crippen molar-refractivity contribution in [3.05, 3.63) is 28.3 Å². The van der Waals surface area contributed by atoms with Gasteiger partial charge in [-0.25, -0.2) is 9.67 Å². The maximum atomic E-state index is 13.7. The number of fused-ring (bicyclic) bond motifs is 1. The van der Waals surface area contributed by atoms with Crippen molar-refractivity contribution in [3.8, 4) is 0 Å². The lowest BCUT2D eigenvalue weighted by atomic mass is 9.94. The van der Waals surface area contributed by atoms with Crippen LogP contribution in [0.3, 0.4) is 0 Å². The number of hydrogen-bond acceptors (Lipinski definition) is 5. The van der Waals surface area contributed by atoms with Crippen molar-refractivity contribution in [3.63, 3.8) is 0 Å². The van der Waals surface area contributed by atoms with Crippen molar-refractivity contribution >= 4 is 23.1 Å². The number of thiazole rings is 1. The molecule has 1 fully saturated rings. The number of amides is 1. The Balaban J connectivity index is 1.66. The summed E-state index contributed by atoms with van der Waals surface area (Å²) in [6, 6.07) is -0.598. The molecule has 2 aromatic heterocycles. The van der Waals surface area contributed by atoms with Gasteiger partial charge in [0.2, 0.25) is 0 Å². The summed E-state index contributed by atoms with van der Waals surface area (Å²) >= 11 is 1.34. The Kier molecular flexibility index (Phi) is 4.84. The minimum atomic E-state index is -4.38. The van der Waals surface area contributed by atoms with E-state index >= 15 is 0 Å². The molecule has 2 aliphatic rings. The first-order valence-electron chi connectivity index (χ1n) is 9.37. The average Bonchev–Trinajstić information content (AvgIpc) is 3.38. The fourth-order valence-corrected chi connectivity index (χ4v) is 4.53. The second-order valence-corrected chi connectivity index (χ2v) is 8.44. The first-order chi connectivity index (χ1) is 13.3. The van der Waals surface area contributed by atoms with Crippen LogP contribution in [0, 0.1) is 5.92 Å². The summed E-state index contributed by atoms with van der Waals surface area (Å²) in [7, 11) is 0. The van der Waals surface area contributed by atoms with Crippen LogP contribution >= 0.6 is 11.3 Å². The van der Waals surface area contributed by atoms with Crippen LogP contribution in [-0.4, -0.2) is 44.3 Å². The number of carbonyl (C=O) groups is 1. The topological polar surface area (TPSA) is 63.1 Å². The Labute approximate surface area is 164 Å². The number of rotatable bonds is 3. The molecule has 0 aromatic carbocycles. The summed E-state index contributed by atoms with van der Waals surface area (Å²) in [5.41, 5.74) is 2.46. The first kappa shape index (κ1) is 19.2. The maximum Gasteiger partial charge on any atom is 0.410 e. The summed E-state index contributed by atoms with van der Waals surface area (Å²) < 4.78 is 42.1. The molecule has 10 heteroatoms. The molecule has 6 nitrogen and oxygen atoms in total. The van der Waals surface area contributed by atoms with Gasteiger partial charge < -0.3 is 10.2 Å². The smallest absolute Gasteiger partial charge is 0.367 e. The van der Waals surface area contributed by atoms with Crippen molar-refractivity contribution in [1.82, 2.24) is 19.7 Å². The Morgan fingerprint density at radius 1 is 1.39 bits per heavy atom. The number of carbonyl (C=O) groups excluding carboxylic acids is 1. The number of likely N-dealkylation sites (tertiary alicyclic amines) is 1. The van der Waals surface area contributed by atoms with Gasteiger partial charge in [0.15, 0.2) is 6.04 Å². The van der Waals surface area contributed by atoms with Gasteiger partial charge in [-0.3, -0.25) is 4.79 Å². The zero-order valence-electron chi connectivity index (χ0n) is 15.6. The second kappa shape index (κ2) is 7.06. The fourth-order valence-electron chi connectivity index (χ4n) is 4.00. The van der Waals surface area contributed by atoms with E-state index in [4.69, 9.17) is 0 Å². The van der Waals surface area contributed by atoms with Gasteiger partial charge in [0, 0.05) is 24.0 Å². The Bertz CT molecular complexity index is 848. The Morgan fingerprint density at radius 3 is 2.82 bits per heavy atom. The largest absolute Gasteiger partial charge is 0.410 e. The SMILES string of the molecule is CC(C)[C@@H]1C[C@H](C(F)(F)F)n2nc([C@@H]3CCCN3C(=O)c3cscn3)cc2N1. The van der Waals surface area contributed by atoms with Gasteiger partial charge in [-0.1, -0.05) is 13.8 Å². The standard InChI is InChI=1S/C18H22F3N5OS/c1-10(2)11-6-15(18(19,20)21)26-16(23-11)7-12(24-26)14-4-3-5-25(14)17(27)13-8-28-9-22-13/h7-11,14-15,23H,3-6H2,1-2H3/t11-,14-,15+/m0/s1. The number of halogens is 3. The first-order valence-corrected chi connectivity index (χ1v) is 10.3. The van der Waals surface area contributed by atoms with Gasteiger partial charge >= 0.3 is 6.18 Å². The highest BCUT2D eigenvalue weighted by Crippen LogP contribution is 2.42. The number of anilines is 1. The van der Waals surface area contributed by atoms with Gasteiger partial charge in [-0.2, -0.15) is 18.3 Å². The van der Waals surface area contributed by atoms with Crippen LogP contribution in [0.25, 0.3) is 0 Å². The molecular weight excluding hydrogens is 391 g/mol. The summed E-state index contributed by atoms with van der Waals surface area (Å²) in [4.78, 5) is 18.5. The van der Waals surface area contributed by atoms with Crippen LogP contribution < -0.4 is 5.32 Å². The highest BCUT2D eigenvalue weighted by atomic mass is 32.1. The van der Waals surface area contributed by atoms with Crippen LogP contribution in [0.1, 0.15) is 61.4 Å². The molecule has 0 saturated carbocycles. The summed E-state index contributed by atoms with van der Waals surface area (Å²) in [6.07, 6.45) is -2.97. The van der Waals surface area contributed by atoms with Crippen LogP contribution in [-0.2, 0) is 0 Å². The zero-order valence-corrected chi connectivity index (χ0v) is 16.4. The molecule has 2 aromatic rings. The highest BCUT2D eigenvalue weighted by molar-refractivity contribution is 7.07. The molecule has 152 valence electrons. The third-order valence-electron chi connectivity index (χ3n) is 5.55. The van der Waals surface area contributed by atoms with E-state index in [2.05, 4.69) is 15.4 Å². The molecule has 0 aliphatic carbocycles. The van der Waals surface area contributed by atoms with E-state index in [1.807, 2.05) is 13.8 Å². The quantitative estimate of drug-likeness (QED) is 0.817. The molecule has 4 rings (SSSR count). The van der Waals surface area contributed by atoms with Gasteiger partial charge in [0.05, 0.1) is 17.2 Å². The monoisotopic (exact) mass is 413 g/mol. The Hall–Kier alpha value is -2.10. The average molecular weight is 413 g/mol. The van der Waals surface area contributed by atoms with Crippen LogP contribution in [0.2, 0.25) is 0 Å². The predicted octanol–water partition coefficient (Wildman–Crippen LogP) is 4.26. The van der Waals surface area contributed by atoms with Crippen LogP contribution in [0.5, 0.6) is 0 Å². The number of nitrogens with zero attached hydrogens (tertiary/aromatic N) is 4. The molecular formula is C18H22F3N5OS. The molecule has 28 heavy (non-hydrogen) atoms. The lowest BCUT2D eigenvalue weighted by molar-refractivity contribution is -0.174. The normalized spacial score (nSPS) is 25.1. The summed E-state index contributed by atoms with van der Waals surface area (Å²) in [5.74, 6) is 0.233. The van der Waals surface area contributed by atoms with Crippen LogP contribution in [0.15, 0.2) is 17.0 Å². The van der Waals surface area contributed by atoms with E-state index in [1.54, 1.807) is 21.9 Å². The minimum Gasteiger partial charge on any atom is -0.367 e. The van der Waals surface area contributed by atoms with Gasteiger partial charge in [-0.05, 0) is 25.2 Å². The minimum absolute atomic E-state index is 0.0541.